The maximum Gasteiger partial charge on any atom is 0.255 e. The quantitative estimate of drug-likeness (QED) is 0.522. The van der Waals surface area contributed by atoms with Crippen molar-refractivity contribution in [1.29, 1.82) is 0 Å². The number of aryl methyl sites for hydroxylation is 1. The van der Waals surface area contributed by atoms with Gasteiger partial charge in [-0.2, -0.15) is 0 Å². The zero-order valence-electron chi connectivity index (χ0n) is 19.5. The molecular formula is C29H28N2O3. The summed E-state index contributed by atoms with van der Waals surface area (Å²) in [5, 5.41) is 2.95. The number of carbonyl (C=O) groups is 3. The Morgan fingerprint density at radius 2 is 1.59 bits per heavy atom. The Hall–Kier alpha value is -3.73. The Bertz CT molecular complexity index is 1270. The van der Waals surface area contributed by atoms with E-state index in [1.165, 1.54) is 10.5 Å². The van der Waals surface area contributed by atoms with Gasteiger partial charge < -0.3 is 5.32 Å². The molecule has 3 aromatic rings. The first-order valence-electron chi connectivity index (χ1n) is 11.8. The molecule has 1 heterocycles. The van der Waals surface area contributed by atoms with Gasteiger partial charge in [-0.15, -0.1) is 0 Å². The lowest BCUT2D eigenvalue weighted by atomic mass is 9.73. The molecule has 0 spiro atoms. The minimum atomic E-state index is -0.307. The predicted molar refractivity (Wildman–Crippen MR) is 133 cm³/mol. The Kier molecular flexibility index (Phi) is 5.78. The average Bonchev–Trinajstić information content (AvgIpc) is 3.11. The number of anilines is 2. The average molecular weight is 453 g/mol. The Morgan fingerprint density at radius 3 is 2.38 bits per heavy atom. The molecule has 0 unspecified atom stereocenters. The monoisotopic (exact) mass is 452 g/mol. The molecule has 1 saturated heterocycles. The van der Waals surface area contributed by atoms with E-state index < -0.39 is 0 Å². The summed E-state index contributed by atoms with van der Waals surface area (Å²) in [5.74, 6) is -0.861. The lowest BCUT2D eigenvalue weighted by Gasteiger charge is -2.28. The normalized spacial score (nSPS) is 21.9. The van der Waals surface area contributed by atoms with Crippen molar-refractivity contribution >= 4 is 29.1 Å². The van der Waals surface area contributed by atoms with Gasteiger partial charge in [0.1, 0.15) is 0 Å². The molecule has 172 valence electrons. The second-order valence-corrected chi connectivity index (χ2v) is 9.40. The Labute approximate surface area is 199 Å². The van der Waals surface area contributed by atoms with E-state index in [2.05, 4.69) is 17.4 Å². The molecule has 0 bridgehead atoms. The SMILES string of the molecule is Cc1cccc(NC(=O)c2cccc(N3C(=O)[C@H]4C[C@@H](c5ccccc5)CC[C@H]4C3=O)c2)c1C. The Balaban J connectivity index is 1.37. The molecule has 5 nitrogen and oxygen atoms in total. The van der Waals surface area contributed by atoms with E-state index in [0.29, 0.717) is 24.1 Å². The highest BCUT2D eigenvalue weighted by molar-refractivity contribution is 6.22. The maximum absolute atomic E-state index is 13.4. The van der Waals surface area contributed by atoms with Crippen molar-refractivity contribution in [2.75, 3.05) is 10.2 Å². The summed E-state index contributed by atoms with van der Waals surface area (Å²) in [5.41, 5.74) is 4.96. The summed E-state index contributed by atoms with van der Waals surface area (Å²) < 4.78 is 0. The predicted octanol–water partition coefficient (Wildman–Crippen LogP) is 5.63. The van der Waals surface area contributed by atoms with E-state index in [0.717, 1.165) is 23.2 Å². The van der Waals surface area contributed by atoms with Gasteiger partial charge in [0.15, 0.2) is 0 Å². The zero-order valence-corrected chi connectivity index (χ0v) is 19.5. The van der Waals surface area contributed by atoms with Crippen molar-refractivity contribution in [3.05, 3.63) is 95.1 Å². The molecule has 5 heteroatoms. The van der Waals surface area contributed by atoms with Gasteiger partial charge in [-0.3, -0.25) is 19.3 Å². The molecule has 2 aliphatic rings. The summed E-state index contributed by atoms with van der Waals surface area (Å²) in [6.07, 6.45) is 2.29. The minimum Gasteiger partial charge on any atom is -0.322 e. The third kappa shape index (κ3) is 3.92. The van der Waals surface area contributed by atoms with Crippen LogP contribution in [0, 0.1) is 25.7 Å². The largest absolute Gasteiger partial charge is 0.322 e. The number of nitrogens with zero attached hydrogens (tertiary/aromatic N) is 1. The van der Waals surface area contributed by atoms with Crippen molar-refractivity contribution in [2.24, 2.45) is 11.8 Å². The molecule has 3 atom stereocenters. The van der Waals surface area contributed by atoms with Crippen LogP contribution in [-0.4, -0.2) is 17.7 Å². The van der Waals surface area contributed by atoms with Gasteiger partial charge in [0, 0.05) is 11.3 Å². The molecule has 5 rings (SSSR count). The van der Waals surface area contributed by atoms with Gasteiger partial charge in [-0.25, -0.2) is 0 Å². The smallest absolute Gasteiger partial charge is 0.255 e. The highest BCUT2D eigenvalue weighted by Crippen LogP contribution is 2.45. The topological polar surface area (TPSA) is 66.5 Å². The zero-order chi connectivity index (χ0) is 23.8. The highest BCUT2D eigenvalue weighted by atomic mass is 16.2. The first-order valence-corrected chi connectivity index (χ1v) is 11.8. The van der Waals surface area contributed by atoms with Gasteiger partial charge in [0.05, 0.1) is 17.5 Å². The summed E-state index contributed by atoms with van der Waals surface area (Å²) in [4.78, 5) is 40.9. The second-order valence-electron chi connectivity index (χ2n) is 9.40. The van der Waals surface area contributed by atoms with Crippen LogP contribution < -0.4 is 10.2 Å². The molecule has 1 saturated carbocycles. The van der Waals surface area contributed by atoms with Gasteiger partial charge in [-0.1, -0.05) is 48.5 Å². The maximum atomic E-state index is 13.4. The first kappa shape index (κ1) is 22.1. The number of benzene rings is 3. The highest BCUT2D eigenvalue weighted by Gasteiger charge is 2.50. The van der Waals surface area contributed by atoms with Crippen molar-refractivity contribution in [2.45, 2.75) is 39.0 Å². The van der Waals surface area contributed by atoms with Gasteiger partial charge in [0.2, 0.25) is 11.8 Å². The lowest BCUT2D eigenvalue weighted by Crippen LogP contribution is -2.31. The standard InChI is InChI=1S/C29H28N2O3/c1-18-8-6-13-26(19(18)2)30-27(32)22-11-7-12-23(16-22)31-28(33)24-15-14-21(17-25(24)29(31)34)20-9-4-3-5-10-20/h3-13,16,21,24-25H,14-15,17H2,1-2H3,(H,30,32)/t21-,24+,25-/m0/s1. The van der Waals surface area contributed by atoms with Gasteiger partial charge in [0.25, 0.3) is 5.91 Å². The summed E-state index contributed by atoms with van der Waals surface area (Å²) in [6.45, 7) is 3.96. The van der Waals surface area contributed by atoms with E-state index in [1.807, 2.05) is 50.2 Å². The minimum absolute atomic E-state index is 0.145. The molecule has 1 N–H and O–H groups in total. The van der Waals surface area contributed by atoms with E-state index >= 15 is 0 Å². The van der Waals surface area contributed by atoms with E-state index in [-0.39, 0.29) is 35.5 Å². The molecule has 1 aliphatic heterocycles. The second kappa shape index (κ2) is 8.90. The lowest BCUT2D eigenvalue weighted by molar-refractivity contribution is -0.122. The van der Waals surface area contributed by atoms with Crippen molar-refractivity contribution < 1.29 is 14.4 Å². The first-order chi connectivity index (χ1) is 16.4. The summed E-state index contributed by atoms with van der Waals surface area (Å²) >= 11 is 0. The molecule has 0 radical (unpaired) electrons. The number of amides is 3. The molecule has 34 heavy (non-hydrogen) atoms. The van der Waals surface area contributed by atoms with Crippen molar-refractivity contribution in [3.63, 3.8) is 0 Å². The molecule has 1 aliphatic carbocycles. The third-order valence-corrected chi connectivity index (χ3v) is 7.42. The number of imide groups is 1. The van der Waals surface area contributed by atoms with Crippen LogP contribution in [0.5, 0.6) is 0 Å². The van der Waals surface area contributed by atoms with E-state index in [9.17, 15) is 14.4 Å². The number of nitrogens with one attached hydrogen (secondary N) is 1. The fourth-order valence-corrected chi connectivity index (χ4v) is 5.33. The van der Waals surface area contributed by atoms with Crippen molar-refractivity contribution in [3.8, 4) is 0 Å². The van der Waals surface area contributed by atoms with Crippen LogP contribution in [0.1, 0.15) is 52.2 Å². The van der Waals surface area contributed by atoms with Crippen LogP contribution in [0.2, 0.25) is 0 Å². The summed E-state index contributed by atoms with van der Waals surface area (Å²) in [7, 11) is 0. The fraction of sp³-hybridized carbons (Fsp3) is 0.276. The van der Waals surface area contributed by atoms with E-state index in [1.54, 1.807) is 24.3 Å². The fourth-order valence-electron chi connectivity index (χ4n) is 5.33. The number of hydrogen-bond acceptors (Lipinski definition) is 3. The van der Waals surface area contributed by atoms with Crippen molar-refractivity contribution in [1.82, 2.24) is 0 Å². The van der Waals surface area contributed by atoms with Crippen LogP contribution in [0.4, 0.5) is 11.4 Å². The summed E-state index contributed by atoms with van der Waals surface area (Å²) in [6, 6.07) is 22.8. The molecular weight excluding hydrogens is 424 g/mol. The van der Waals surface area contributed by atoms with Crippen LogP contribution >= 0.6 is 0 Å². The molecule has 3 aromatic carbocycles. The number of hydrogen-bond donors (Lipinski definition) is 1. The van der Waals surface area contributed by atoms with Crippen LogP contribution in [0.25, 0.3) is 0 Å². The van der Waals surface area contributed by atoms with Gasteiger partial charge >= 0.3 is 0 Å². The number of carbonyl (C=O) groups excluding carboxylic acids is 3. The molecule has 0 aromatic heterocycles. The van der Waals surface area contributed by atoms with Crippen LogP contribution in [0.3, 0.4) is 0 Å². The molecule has 3 amide bonds. The van der Waals surface area contributed by atoms with Crippen LogP contribution in [-0.2, 0) is 9.59 Å². The Morgan fingerprint density at radius 1 is 0.853 bits per heavy atom. The van der Waals surface area contributed by atoms with E-state index in [4.69, 9.17) is 0 Å². The third-order valence-electron chi connectivity index (χ3n) is 7.42. The number of rotatable bonds is 4. The van der Waals surface area contributed by atoms with Gasteiger partial charge in [-0.05, 0) is 80.0 Å². The molecule has 2 fully saturated rings. The van der Waals surface area contributed by atoms with Crippen LogP contribution in [0.15, 0.2) is 72.8 Å². The number of fused-ring (bicyclic) bond motifs is 1.